The average Bonchev–Trinajstić information content (AvgIpc) is 2.45. The van der Waals surface area contributed by atoms with Crippen molar-refractivity contribution in [3.63, 3.8) is 0 Å². The van der Waals surface area contributed by atoms with Crippen LogP contribution in [0.2, 0.25) is 0 Å². The average molecular weight is 285 g/mol. The van der Waals surface area contributed by atoms with Crippen molar-refractivity contribution in [1.82, 2.24) is 5.32 Å². The van der Waals surface area contributed by atoms with E-state index in [1.807, 2.05) is 6.92 Å². The van der Waals surface area contributed by atoms with Crippen LogP contribution in [0, 0.1) is 11.6 Å². The van der Waals surface area contributed by atoms with Gasteiger partial charge in [-0.15, -0.1) is 0 Å². The second kappa shape index (κ2) is 6.50. The Labute approximate surface area is 117 Å². The zero-order valence-electron chi connectivity index (χ0n) is 11.7. The van der Waals surface area contributed by atoms with Crippen LogP contribution in [-0.4, -0.2) is 29.9 Å². The predicted octanol–water partition coefficient (Wildman–Crippen LogP) is 2.63. The van der Waals surface area contributed by atoms with Crippen molar-refractivity contribution >= 4 is 0 Å². The summed E-state index contributed by atoms with van der Waals surface area (Å²) in [6, 6.07) is 3.93. The SMILES string of the molecule is CCNC1(CO)CCCC(Oc2cccc(F)c2F)C1. The Balaban J connectivity index is 2.07. The molecule has 0 saturated heterocycles. The Hall–Kier alpha value is -1.20. The molecule has 112 valence electrons. The van der Waals surface area contributed by atoms with Crippen molar-refractivity contribution in [3.8, 4) is 5.75 Å². The van der Waals surface area contributed by atoms with Crippen LogP contribution in [0.3, 0.4) is 0 Å². The zero-order chi connectivity index (χ0) is 14.6. The molecule has 0 amide bonds. The number of hydrogen-bond donors (Lipinski definition) is 2. The number of ether oxygens (including phenoxy) is 1. The van der Waals surface area contributed by atoms with Crippen molar-refractivity contribution < 1.29 is 18.6 Å². The first-order chi connectivity index (χ1) is 9.60. The molecule has 1 saturated carbocycles. The van der Waals surface area contributed by atoms with Crippen LogP contribution < -0.4 is 10.1 Å². The maximum absolute atomic E-state index is 13.6. The largest absolute Gasteiger partial charge is 0.487 e. The number of halogens is 2. The summed E-state index contributed by atoms with van der Waals surface area (Å²) >= 11 is 0. The van der Waals surface area contributed by atoms with E-state index in [-0.39, 0.29) is 24.0 Å². The summed E-state index contributed by atoms with van der Waals surface area (Å²) in [4.78, 5) is 0. The molecule has 2 atom stereocenters. The lowest BCUT2D eigenvalue weighted by atomic mass is 9.80. The first kappa shape index (κ1) is 15.2. The van der Waals surface area contributed by atoms with Crippen LogP contribution in [-0.2, 0) is 0 Å². The molecule has 1 fully saturated rings. The normalized spacial score (nSPS) is 26.5. The van der Waals surface area contributed by atoms with E-state index in [0.29, 0.717) is 6.42 Å². The second-order valence-corrected chi connectivity index (χ2v) is 5.36. The number of aliphatic hydroxyl groups excluding tert-OH is 1. The number of hydrogen-bond acceptors (Lipinski definition) is 3. The van der Waals surface area contributed by atoms with Gasteiger partial charge < -0.3 is 15.2 Å². The lowest BCUT2D eigenvalue weighted by Crippen LogP contribution is -2.53. The van der Waals surface area contributed by atoms with Crippen LogP contribution in [0.15, 0.2) is 18.2 Å². The van der Waals surface area contributed by atoms with E-state index in [1.165, 1.54) is 12.1 Å². The van der Waals surface area contributed by atoms with Gasteiger partial charge in [-0.25, -0.2) is 4.39 Å². The molecular weight excluding hydrogens is 264 g/mol. The number of benzene rings is 1. The van der Waals surface area contributed by atoms with Gasteiger partial charge in [-0.05, 0) is 37.9 Å². The lowest BCUT2D eigenvalue weighted by Gasteiger charge is -2.40. The molecule has 0 aromatic heterocycles. The number of rotatable bonds is 5. The van der Waals surface area contributed by atoms with Crippen molar-refractivity contribution in [2.45, 2.75) is 44.2 Å². The summed E-state index contributed by atoms with van der Waals surface area (Å²) in [5.41, 5.74) is -0.374. The molecule has 2 rings (SSSR count). The minimum Gasteiger partial charge on any atom is -0.487 e. The minimum atomic E-state index is -0.948. The van der Waals surface area contributed by atoms with E-state index < -0.39 is 11.6 Å². The van der Waals surface area contributed by atoms with Gasteiger partial charge >= 0.3 is 0 Å². The topological polar surface area (TPSA) is 41.5 Å². The molecule has 2 unspecified atom stereocenters. The molecule has 1 aromatic rings. The Morgan fingerprint density at radius 1 is 1.45 bits per heavy atom. The summed E-state index contributed by atoms with van der Waals surface area (Å²) in [5, 5.41) is 12.9. The molecule has 1 aliphatic carbocycles. The van der Waals surface area contributed by atoms with Crippen LogP contribution in [0.5, 0.6) is 5.75 Å². The quantitative estimate of drug-likeness (QED) is 0.874. The van der Waals surface area contributed by atoms with E-state index >= 15 is 0 Å². The van der Waals surface area contributed by atoms with E-state index in [4.69, 9.17) is 4.74 Å². The summed E-state index contributed by atoms with van der Waals surface area (Å²) in [6.45, 7) is 2.75. The first-order valence-electron chi connectivity index (χ1n) is 7.07. The fourth-order valence-corrected chi connectivity index (χ4v) is 2.90. The third-order valence-electron chi connectivity index (χ3n) is 3.86. The molecule has 20 heavy (non-hydrogen) atoms. The second-order valence-electron chi connectivity index (χ2n) is 5.36. The van der Waals surface area contributed by atoms with Crippen LogP contribution in [0.1, 0.15) is 32.6 Å². The Morgan fingerprint density at radius 2 is 2.25 bits per heavy atom. The summed E-state index contributed by atoms with van der Waals surface area (Å²) in [6.07, 6.45) is 2.90. The highest BCUT2D eigenvalue weighted by atomic mass is 19.2. The number of aliphatic hydroxyl groups is 1. The zero-order valence-corrected chi connectivity index (χ0v) is 11.7. The molecule has 0 heterocycles. The summed E-state index contributed by atoms with van der Waals surface area (Å²) in [5.74, 6) is -1.91. The van der Waals surface area contributed by atoms with Gasteiger partial charge in [-0.1, -0.05) is 13.0 Å². The van der Waals surface area contributed by atoms with Gasteiger partial charge in [0.15, 0.2) is 11.6 Å². The molecule has 0 spiro atoms. The van der Waals surface area contributed by atoms with E-state index in [0.717, 1.165) is 31.9 Å². The van der Waals surface area contributed by atoms with E-state index in [2.05, 4.69) is 5.32 Å². The highest BCUT2D eigenvalue weighted by molar-refractivity contribution is 5.25. The first-order valence-corrected chi connectivity index (χ1v) is 7.07. The molecule has 2 N–H and O–H groups in total. The summed E-state index contributed by atoms with van der Waals surface area (Å²) < 4.78 is 32.4. The Morgan fingerprint density at radius 3 is 2.95 bits per heavy atom. The Kier molecular flexibility index (Phi) is 4.94. The molecule has 5 heteroatoms. The molecule has 0 aliphatic heterocycles. The van der Waals surface area contributed by atoms with Gasteiger partial charge in [0.25, 0.3) is 0 Å². The maximum atomic E-state index is 13.6. The van der Waals surface area contributed by atoms with Gasteiger partial charge in [0.2, 0.25) is 5.82 Å². The highest BCUT2D eigenvalue weighted by Crippen LogP contribution is 2.32. The van der Waals surface area contributed by atoms with Gasteiger partial charge in [0.1, 0.15) is 6.10 Å². The standard InChI is InChI=1S/C15H21F2NO2/c1-2-18-15(10-19)8-4-5-11(9-15)20-13-7-3-6-12(16)14(13)17/h3,6-7,11,18-19H,2,4-5,8-10H2,1H3. The maximum Gasteiger partial charge on any atom is 0.200 e. The van der Waals surface area contributed by atoms with Gasteiger partial charge in [-0.2, -0.15) is 4.39 Å². The van der Waals surface area contributed by atoms with Crippen molar-refractivity contribution in [2.24, 2.45) is 0 Å². The monoisotopic (exact) mass is 285 g/mol. The molecule has 0 radical (unpaired) electrons. The van der Waals surface area contributed by atoms with Crippen molar-refractivity contribution in [1.29, 1.82) is 0 Å². The molecule has 1 aromatic carbocycles. The van der Waals surface area contributed by atoms with Gasteiger partial charge in [0.05, 0.1) is 6.61 Å². The third-order valence-corrected chi connectivity index (χ3v) is 3.86. The molecule has 3 nitrogen and oxygen atoms in total. The number of likely N-dealkylation sites (N-methyl/N-ethyl adjacent to an activating group) is 1. The lowest BCUT2D eigenvalue weighted by molar-refractivity contribution is 0.0497. The molecular formula is C15H21F2NO2. The predicted molar refractivity (Wildman–Crippen MR) is 72.7 cm³/mol. The fourth-order valence-electron chi connectivity index (χ4n) is 2.90. The van der Waals surface area contributed by atoms with Crippen molar-refractivity contribution in [2.75, 3.05) is 13.2 Å². The molecule has 1 aliphatic rings. The van der Waals surface area contributed by atoms with Crippen LogP contribution >= 0.6 is 0 Å². The van der Waals surface area contributed by atoms with Gasteiger partial charge in [-0.3, -0.25) is 0 Å². The highest BCUT2D eigenvalue weighted by Gasteiger charge is 2.36. The minimum absolute atomic E-state index is 0.0202. The smallest absolute Gasteiger partial charge is 0.200 e. The van der Waals surface area contributed by atoms with Gasteiger partial charge in [0, 0.05) is 12.0 Å². The Bertz CT molecular complexity index is 451. The van der Waals surface area contributed by atoms with Crippen molar-refractivity contribution in [3.05, 3.63) is 29.8 Å². The molecule has 0 bridgehead atoms. The van der Waals surface area contributed by atoms with E-state index in [1.54, 1.807) is 0 Å². The number of nitrogens with one attached hydrogen (secondary N) is 1. The fraction of sp³-hybridized carbons (Fsp3) is 0.600. The van der Waals surface area contributed by atoms with Crippen LogP contribution in [0.4, 0.5) is 8.78 Å². The third kappa shape index (κ3) is 3.27. The summed E-state index contributed by atoms with van der Waals surface area (Å²) in [7, 11) is 0. The van der Waals surface area contributed by atoms with Crippen LogP contribution in [0.25, 0.3) is 0 Å². The van der Waals surface area contributed by atoms with E-state index in [9.17, 15) is 13.9 Å².